The van der Waals surface area contributed by atoms with E-state index in [-0.39, 0.29) is 12.0 Å². The predicted molar refractivity (Wildman–Crippen MR) is 80.1 cm³/mol. The Labute approximate surface area is 124 Å². The Balaban J connectivity index is 1.56. The molecule has 2 aromatic rings. The van der Waals surface area contributed by atoms with Crippen LogP contribution in [0.4, 0.5) is 0 Å². The molecule has 0 radical (unpaired) electrons. The molecule has 0 aliphatic heterocycles. The van der Waals surface area contributed by atoms with E-state index in [2.05, 4.69) is 34.4 Å². The van der Waals surface area contributed by atoms with Gasteiger partial charge in [-0.15, -0.1) is 0 Å². The number of nitrogens with two attached hydrogens (primary N) is 1. The van der Waals surface area contributed by atoms with Gasteiger partial charge in [0.1, 0.15) is 0 Å². The monoisotopic (exact) mass is 283 g/mol. The largest absolute Gasteiger partial charge is 0.339 e. The smallest absolute Gasteiger partial charge is 0.231 e. The van der Waals surface area contributed by atoms with Gasteiger partial charge in [0.2, 0.25) is 5.89 Å². The summed E-state index contributed by atoms with van der Waals surface area (Å²) in [5.41, 5.74) is 9.04. The van der Waals surface area contributed by atoms with Crippen molar-refractivity contribution in [3.05, 3.63) is 47.1 Å². The first kappa shape index (κ1) is 13.0. The molecule has 2 aliphatic carbocycles. The fourth-order valence-electron chi connectivity index (χ4n) is 3.67. The van der Waals surface area contributed by atoms with Gasteiger partial charge in [0.05, 0.1) is 11.8 Å². The maximum absolute atomic E-state index is 6.29. The third-order valence-corrected chi connectivity index (χ3v) is 5.01. The highest BCUT2D eigenvalue weighted by molar-refractivity contribution is 5.43. The number of benzene rings is 1. The van der Waals surface area contributed by atoms with Gasteiger partial charge in [-0.3, -0.25) is 0 Å². The molecule has 2 N–H and O–H groups in total. The Kier molecular flexibility index (Phi) is 3.26. The molecule has 110 valence electrons. The summed E-state index contributed by atoms with van der Waals surface area (Å²) in [6.45, 7) is 0. The summed E-state index contributed by atoms with van der Waals surface area (Å²) < 4.78 is 5.56. The standard InChI is InChI=1S/C17H21N3O/c18-15-9-3-1-2-8-13(15)17-19-16(20-21-17)14-10-11-6-4-5-7-12(11)14/h4-7,13-15H,1-3,8-10,18H2. The number of rotatable bonds is 2. The van der Waals surface area contributed by atoms with Gasteiger partial charge in [0.15, 0.2) is 5.82 Å². The van der Waals surface area contributed by atoms with E-state index in [0.717, 1.165) is 31.0 Å². The normalized spacial score (nSPS) is 28.5. The first-order chi connectivity index (χ1) is 10.3. The zero-order valence-electron chi connectivity index (χ0n) is 12.2. The minimum atomic E-state index is 0.162. The van der Waals surface area contributed by atoms with Gasteiger partial charge in [-0.25, -0.2) is 0 Å². The van der Waals surface area contributed by atoms with Gasteiger partial charge in [0.25, 0.3) is 0 Å². The van der Waals surface area contributed by atoms with Crippen LogP contribution in [0.2, 0.25) is 0 Å². The molecule has 0 saturated heterocycles. The second-order valence-electron chi connectivity index (χ2n) is 6.35. The van der Waals surface area contributed by atoms with Crippen LogP contribution in [0, 0.1) is 0 Å². The molecule has 1 saturated carbocycles. The molecule has 1 aromatic carbocycles. The molecule has 0 bridgehead atoms. The van der Waals surface area contributed by atoms with Crippen molar-refractivity contribution in [1.29, 1.82) is 0 Å². The van der Waals surface area contributed by atoms with Crippen LogP contribution in [-0.2, 0) is 6.42 Å². The van der Waals surface area contributed by atoms with Crippen molar-refractivity contribution >= 4 is 0 Å². The minimum absolute atomic E-state index is 0.162. The average molecular weight is 283 g/mol. The molecule has 4 heteroatoms. The molecule has 4 rings (SSSR count). The lowest BCUT2D eigenvalue weighted by molar-refractivity contribution is 0.322. The van der Waals surface area contributed by atoms with E-state index >= 15 is 0 Å². The first-order valence-electron chi connectivity index (χ1n) is 8.00. The van der Waals surface area contributed by atoms with E-state index in [1.165, 1.54) is 30.4 Å². The van der Waals surface area contributed by atoms with Gasteiger partial charge >= 0.3 is 0 Å². The Morgan fingerprint density at radius 1 is 1.10 bits per heavy atom. The van der Waals surface area contributed by atoms with Gasteiger partial charge in [0, 0.05) is 6.04 Å². The van der Waals surface area contributed by atoms with Crippen molar-refractivity contribution in [3.8, 4) is 0 Å². The zero-order chi connectivity index (χ0) is 14.2. The van der Waals surface area contributed by atoms with Crippen LogP contribution < -0.4 is 5.73 Å². The summed E-state index contributed by atoms with van der Waals surface area (Å²) in [5.74, 6) is 2.13. The van der Waals surface area contributed by atoms with E-state index in [9.17, 15) is 0 Å². The van der Waals surface area contributed by atoms with Gasteiger partial charge < -0.3 is 10.3 Å². The Morgan fingerprint density at radius 3 is 2.86 bits per heavy atom. The van der Waals surface area contributed by atoms with E-state index in [0.29, 0.717) is 5.92 Å². The third-order valence-electron chi connectivity index (χ3n) is 5.01. The van der Waals surface area contributed by atoms with E-state index in [4.69, 9.17) is 10.3 Å². The summed E-state index contributed by atoms with van der Waals surface area (Å²) in [6.07, 6.45) is 6.85. The van der Waals surface area contributed by atoms with Crippen LogP contribution >= 0.6 is 0 Å². The second-order valence-corrected chi connectivity index (χ2v) is 6.35. The van der Waals surface area contributed by atoms with E-state index < -0.39 is 0 Å². The summed E-state index contributed by atoms with van der Waals surface area (Å²) in [6, 6.07) is 8.66. The molecule has 1 aromatic heterocycles. The number of hydrogen-bond donors (Lipinski definition) is 1. The molecule has 1 heterocycles. The molecule has 2 aliphatic rings. The molecule has 0 spiro atoms. The Bertz CT molecular complexity index is 636. The van der Waals surface area contributed by atoms with Crippen molar-refractivity contribution < 1.29 is 4.52 Å². The third kappa shape index (κ3) is 2.27. The molecule has 21 heavy (non-hydrogen) atoms. The number of aromatic nitrogens is 2. The maximum atomic E-state index is 6.29. The van der Waals surface area contributed by atoms with Gasteiger partial charge in [-0.1, -0.05) is 48.7 Å². The molecule has 0 amide bonds. The van der Waals surface area contributed by atoms with Crippen molar-refractivity contribution in [1.82, 2.24) is 10.1 Å². The number of hydrogen-bond acceptors (Lipinski definition) is 4. The Hall–Kier alpha value is -1.68. The van der Waals surface area contributed by atoms with Crippen LogP contribution in [0.15, 0.2) is 28.8 Å². The maximum Gasteiger partial charge on any atom is 0.231 e. The van der Waals surface area contributed by atoms with Crippen molar-refractivity contribution in [2.45, 2.75) is 56.4 Å². The second kappa shape index (κ2) is 5.26. The Morgan fingerprint density at radius 2 is 1.95 bits per heavy atom. The summed E-state index contributed by atoms with van der Waals surface area (Å²) in [4.78, 5) is 4.69. The molecular weight excluding hydrogens is 262 g/mol. The molecule has 3 atom stereocenters. The van der Waals surface area contributed by atoms with E-state index in [1.807, 2.05) is 0 Å². The fraction of sp³-hybridized carbons (Fsp3) is 0.529. The first-order valence-corrected chi connectivity index (χ1v) is 8.00. The molecule has 3 unspecified atom stereocenters. The lowest BCUT2D eigenvalue weighted by atomic mass is 9.77. The number of nitrogens with zero attached hydrogens (tertiary/aromatic N) is 2. The fourth-order valence-corrected chi connectivity index (χ4v) is 3.67. The quantitative estimate of drug-likeness (QED) is 0.860. The highest BCUT2D eigenvalue weighted by Crippen LogP contribution is 2.39. The van der Waals surface area contributed by atoms with Crippen LogP contribution in [-0.4, -0.2) is 16.2 Å². The lowest BCUT2D eigenvalue weighted by Crippen LogP contribution is -2.27. The van der Waals surface area contributed by atoms with Crippen LogP contribution in [0.25, 0.3) is 0 Å². The van der Waals surface area contributed by atoms with Crippen LogP contribution in [0.5, 0.6) is 0 Å². The van der Waals surface area contributed by atoms with Gasteiger partial charge in [-0.2, -0.15) is 4.98 Å². The number of fused-ring (bicyclic) bond motifs is 1. The summed E-state index contributed by atoms with van der Waals surface area (Å²) in [5, 5.41) is 4.24. The highest BCUT2D eigenvalue weighted by atomic mass is 16.5. The SMILES string of the molecule is NC1CCCCCC1c1nc(C2Cc3ccccc32)no1. The van der Waals surface area contributed by atoms with Crippen molar-refractivity contribution in [2.24, 2.45) is 5.73 Å². The topological polar surface area (TPSA) is 64.9 Å². The van der Waals surface area contributed by atoms with Crippen LogP contribution in [0.3, 0.4) is 0 Å². The van der Waals surface area contributed by atoms with Crippen molar-refractivity contribution in [3.63, 3.8) is 0 Å². The van der Waals surface area contributed by atoms with Crippen molar-refractivity contribution in [2.75, 3.05) is 0 Å². The summed E-state index contributed by atoms with van der Waals surface area (Å²) >= 11 is 0. The van der Waals surface area contributed by atoms with E-state index in [1.54, 1.807) is 0 Å². The average Bonchev–Trinajstić information content (AvgIpc) is 2.83. The zero-order valence-corrected chi connectivity index (χ0v) is 12.2. The molecular formula is C17H21N3O. The highest BCUT2D eigenvalue weighted by Gasteiger charge is 2.33. The predicted octanol–water partition coefficient (Wildman–Crippen LogP) is 3.13. The molecule has 1 fully saturated rings. The van der Waals surface area contributed by atoms with Gasteiger partial charge in [-0.05, 0) is 30.4 Å². The minimum Gasteiger partial charge on any atom is -0.339 e. The lowest BCUT2D eigenvalue weighted by Gasteiger charge is -2.27. The van der Waals surface area contributed by atoms with Crippen LogP contribution in [0.1, 0.15) is 66.8 Å². The molecule has 4 nitrogen and oxygen atoms in total. The summed E-state index contributed by atoms with van der Waals surface area (Å²) in [7, 11) is 0.